The van der Waals surface area contributed by atoms with Crippen molar-refractivity contribution in [2.75, 3.05) is 19.0 Å². The van der Waals surface area contributed by atoms with Gasteiger partial charge in [0.2, 0.25) is 0 Å². The fourth-order valence-corrected chi connectivity index (χ4v) is 2.35. The Labute approximate surface area is 131 Å². The highest BCUT2D eigenvalue weighted by atomic mass is 127. The summed E-state index contributed by atoms with van der Waals surface area (Å²) >= 11 is 0. The van der Waals surface area contributed by atoms with E-state index in [0.717, 1.165) is 6.42 Å². The second-order valence-electron chi connectivity index (χ2n) is 4.53. The number of pyridine rings is 1. The van der Waals surface area contributed by atoms with Crippen LogP contribution >= 0.6 is 24.0 Å². The summed E-state index contributed by atoms with van der Waals surface area (Å²) in [6.45, 7) is 0.712. The molecule has 1 heterocycles. The normalized spacial score (nSPS) is 22.9. The molecule has 0 saturated heterocycles. The van der Waals surface area contributed by atoms with Crippen molar-refractivity contribution < 1.29 is 4.74 Å². The van der Waals surface area contributed by atoms with Gasteiger partial charge in [0.25, 0.3) is 0 Å². The van der Waals surface area contributed by atoms with Gasteiger partial charge in [-0.05, 0) is 25.0 Å². The Hall–Kier alpha value is -0.890. The molecule has 5 nitrogen and oxygen atoms in total. The number of nitrogens with one attached hydrogen (secondary N) is 1. The number of nitrogens with two attached hydrogens (primary N) is 1. The second-order valence-corrected chi connectivity index (χ2v) is 4.53. The summed E-state index contributed by atoms with van der Waals surface area (Å²) in [7, 11) is 1.77. The zero-order valence-electron chi connectivity index (χ0n) is 11.1. The highest BCUT2D eigenvalue weighted by Gasteiger charge is 2.26. The maximum Gasteiger partial charge on any atom is 0.194 e. The van der Waals surface area contributed by atoms with E-state index in [1.54, 1.807) is 13.3 Å². The molecule has 1 fully saturated rings. The molecule has 106 valence electrons. The minimum atomic E-state index is 0. The van der Waals surface area contributed by atoms with Crippen molar-refractivity contribution >= 4 is 35.8 Å². The number of halogens is 1. The number of nitrogens with zero attached hydrogens (tertiary/aromatic N) is 2. The van der Waals surface area contributed by atoms with Gasteiger partial charge in [0, 0.05) is 25.8 Å². The monoisotopic (exact) mass is 376 g/mol. The van der Waals surface area contributed by atoms with Crippen molar-refractivity contribution in [3.05, 3.63) is 24.4 Å². The van der Waals surface area contributed by atoms with Gasteiger partial charge in [0.05, 0.1) is 6.10 Å². The van der Waals surface area contributed by atoms with Gasteiger partial charge in [-0.25, -0.2) is 4.98 Å². The lowest BCUT2D eigenvalue weighted by Gasteiger charge is -2.16. The number of aliphatic imine (C=N–C) groups is 1. The molecule has 0 bridgehead atoms. The lowest BCUT2D eigenvalue weighted by Crippen LogP contribution is -2.26. The summed E-state index contributed by atoms with van der Waals surface area (Å²) in [5, 5.41) is 2.97. The summed E-state index contributed by atoms with van der Waals surface area (Å²) < 4.78 is 5.43. The minimum Gasteiger partial charge on any atom is -0.381 e. The van der Waals surface area contributed by atoms with Crippen molar-refractivity contribution in [3.8, 4) is 0 Å². The number of hydrogen-bond acceptors (Lipinski definition) is 3. The van der Waals surface area contributed by atoms with E-state index in [2.05, 4.69) is 15.3 Å². The van der Waals surface area contributed by atoms with Crippen LogP contribution in [0.3, 0.4) is 0 Å². The van der Waals surface area contributed by atoms with Crippen LogP contribution in [-0.2, 0) is 4.74 Å². The van der Waals surface area contributed by atoms with Crippen molar-refractivity contribution in [1.82, 2.24) is 4.98 Å². The van der Waals surface area contributed by atoms with Gasteiger partial charge in [0.15, 0.2) is 5.96 Å². The van der Waals surface area contributed by atoms with E-state index in [9.17, 15) is 0 Å². The standard InChI is InChI=1S/C13H20N4O.HI/c1-18-11-6-4-5-10(11)9-16-13(14)17-12-7-2-3-8-15-12;/h2-3,7-8,10-11H,4-6,9H2,1H3,(H3,14,15,16,17);1H. The zero-order chi connectivity index (χ0) is 12.8. The SMILES string of the molecule is COC1CCCC1CN=C(N)Nc1ccccn1.I. The molecule has 19 heavy (non-hydrogen) atoms. The zero-order valence-corrected chi connectivity index (χ0v) is 13.4. The van der Waals surface area contributed by atoms with Crippen molar-refractivity contribution in [2.45, 2.75) is 25.4 Å². The van der Waals surface area contributed by atoms with Gasteiger partial charge in [-0.3, -0.25) is 4.99 Å². The van der Waals surface area contributed by atoms with Crippen molar-refractivity contribution in [1.29, 1.82) is 0 Å². The second kappa shape index (κ2) is 8.31. The van der Waals surface area contributed by atoms with Crippen LogP contribution in [0.4, 0.5) is 5.82 Å². The molecule has 0 amide bonds. The highest BCUT2D eigenvalue weighted by Crippen LogP contribution is 2.27. The third kappa shape index (κ3) is 4.94. The molecule has 0 aromatic carbocycles. The van der Waals surface area contributed by atoms with Crippen LogP contribution in [0.1, 0.15) is 19.3 Å². The summed E-state index contributed by atoms with van der Waals surface area (Å²) in [6, 6.07) is 5.62. The molecule has 1 aromatic heterocycles. The third-order valence-electron chi connectivity index (χ3n) is 3.31. The number of methoxy groups -OCH3 is 1. The van der Waals surface area contributed by atoms with E-state index >= 15 is 0 Å². The smallest absolute Gasteiger partial charge is 0.194 e. The maximum atomic E-state index is 5.83. The van der Waals surface area contributed by atoms with E-state index in [0.29, 0.717) is 30.3 Å². The van der Waals surface area contributed by atoms with Crippen LogP contribution in [0.25, 0.3) is 0 Å². The highest BCUT2D eigenvalue weighted by molar-refractivity contribution is 14.0. The Bertz CT molecular complexity index is 399. The van der Waals surface area contributed by atoms with Crippen LogP contribution in [0.5, 0.6) is 0 Å². The first-order valence-electron chi connectivity index (χ1n) is 6.30. The average molecular weight is 376 g/mol. The predicted octanol–water partition coefficient (Wildman–Crippen LogP) is 2.24. The maximum absolute atomic E-state index is 5.83. The average Bonchev–Trinajstić information content (AvgIpc) is 2.85. The molecule has 6 heteroatoms. The molecule has 2 unspecified atom stereocenters. The molecule has 1 aromatic rings. The summed E-state index contributed by atoms with van der Waals surface area (Å²) in [5.74, 6) is 1.61. The molecule has 2 rings (SSSR count). The summed E-state index contributed by atoms with van der Waals surface area (Å²) in [4.78, 5) is 8.50. The largest absolute Gasteiger partial charge is 0.381 e. The topological polar surface area (TPSA) is 72.5 Å². The first-order valence-corrected chi connectivity index (χ1v) is 6.30. The lowest BCUT2D eigenvalue weighted by molar-refractivity contribution is 0.0743. The fourth-order valence-electron chi connectivity index (χ4n) is 2.35. The first-order chi connectivity index (χ1) is 8.79. The van der Waals surface area contributed by atoms with Gasteiger partial charge in [0.1, 0.15) is 5.82 Å². The minimum absolute atomic E-state index is 0. The first kappa shape index (κ1) is 16.2. The van der Waals surface area contributed by atoms with Gasteiger partial charge in [-0.2, -0.15) is 0 Å². The van der Waals surface area contributed by atoms with Gasteiger partial charge in [-0.15, -0.1) is 24.0 Å². The number of ether oxygens (including phenoxy) is 1. The van der Waals surface area contributed by atoms with Gasteiger partial charge < -0.3 is 15.8 Å². The van der Waals surface area contributed by atoms with Crippen LogP contribution in [0.15, 0.2) is 29.4 Å². The number of aromatic nitrogens is 1. The quantitative estimate of drug-likeness (QED) is 0.480. The van der Waals surface area contributed by atoms with E-state index in [1.807, 2.05) is 18.2 Å². The number of hydrogen-bond donors (Lipinski definition) is 2. The van der Waals surface area contributed by atoms with E-state index in [1.165, 1.54) is 12.8 Å². The Morgan fingerprint density at radius 3 is 3.05 bits per heavy atom. The van der Waals surface area contributed by atoms with Crippen LogP contribution in [0.2, 0.25) is 0 Å². The van der Waals surface area contributed by atoms with Crippen LogP contribution < -0.4 is 11.1 Å². The molecule has 1 aliphatic rings. The van der Waals surface area contributed by atoms with E-state index < -0.39 is 0 Å². The molecular weight excluding hydrogens is 355 g/mol. The van der Waals surface area contributed by atoms with Crippen molar-refractivity contribution in [2.24, 2.45) is 16.6 Å². The molecule has 1 saturated carbocycles. The van der Waals surface area contributed by atoms with Crippen LogP contribution in [-0.4, -0.2) is 30.7 Å². The number of anilines is 1. The predicted molar refractivity (Wildman–Crippen MR) is 87.9 cm³/mol. The molecule has 0 aliphatic heterocycles. The van der Waals surface area contributed by atoms with Crippen molar-refractivity contribution in [3.63, 3.8) is 0 Å². The Balaban J connectivity index is 0.00000180. The summed E-state index contributed by atoms with van der Waals surface area (Å²) in [6.07, 6.45) is 5.56. The molecule has 0 radical (unpaired) electrons. The van der Waals surface area contributed by atoms with E-state index in [-0.39, 0.29) is 24.0 Å². The Morgan fingerprint density at radius 1 is 1.53 bits per heavy atom. The van der Waals surface area contributed by atoms with Crippen LogP contribution in [0, 0.1) is 5.92 Å². The Morgan fingerprint density at radius 2 is 2.37 bits per heavy atom. The lowest BCUT2D eigenvalue weighted by atomic mass is 10.1. The number of rotatable bonds is 4. The summed E-state index contributed by atoms with van der Waals surface area (Å²) in [5.41, 5.74) is 5.83. The Kier molecular flexibility index (Phi) is 7.07. The molecule has 3 N–H and O–H groups in total. The molecule has 0 spiro atoms. The molecular formula is C13H21IN4O. The van der Waals surface area contributed by atoms with E-state index in [4.69, 9.17) is 10.5 Å². The van der Waals surface area contributed by atoms with Gasteiger partial charge >= 0.3 is 0 Å². The fraction of sp³-hybridized carbons (Fsp3) is 0.538. The van der Waals surface area contributed by atoms with Gasteiger partial charge in [-0.1, -0.05) is 12.5 Å². The molecule has 1 aliphatic carbocycles. The molecule has 2 atom stereocenters. The third-order valence-corrected chi connectivity index (χ3v) is 3.31. The number of guanidine groups is 1.